The Morgan fingerprint density at radius 1 is 1.16 bits per heavy atom. The Morgan fingerprint density at radius 2 is 1.80 bits per heavy atom. The van der Waals surface area contributed by atoms with Crippen molar-refractivity contribution in [3.05, 3.63) is 52.5 Å². The summed E-state index contributed by atoms with van der Waals surface area (Å²) in [5.41, 5.74) is 0.314. The highest BCUT2D eigenvalue weighted by Gasteiger charge is 2.23. The number of anilines is 1. The number of hydrogen-bond acceptors (Lipinski definition) is 4. The largest absolute Gasteiger partial charge is 0.497 e. The normalized spacial score (nSPS) is 11.4. The molecule has 0 aliphatic carbocycles. The molecule has 0 bridgehead atoms. The lowest BCUT2D eigenvalue weighted by molar-refractivity contribution is -0.116. The minimum atomic E-state index is -3.81. The number of carbonyl (C=O) groups is 1. The van der Waals surface area contributed by atoms with Crippen molar-refractivity contribution in [2.24, 2.45) is 0 Å². The Balaban J connectivity index is 2.10. The van der Waals surface area contributed by atoms with Crippen LogP contribution in [-0.2, 0) is 14.8 Å². The van der Waals surface area contributed by atoms with Gasteiger partial charge in [0, 0.05) is 7.05 Å². The van der Waals surface area contributed by atoms with Gasteiger partial charge in [0.05, 0.1) is 34.3 Å². The second kappa shape index (κ2) is 8.05. The molecule has 0 saturated heterocycles. The Morgan fingerprint density at radius 3 is 2.40 bits per heavy atom. The molecule has 25 heavy (non-hydrogen) atoms. The number of likely N-dealkylation sites (N-methyl/N-ethyl adjacent to an activating group) is 1. The number of sulfonamides is 1. The molecule has 2 aromatic carbocycles. The number of benzene rings is 2. The van der Waals surface area contributed by atoms with Crippen LogP contribution in [0.15, 0.2) is 47.4 Å². The zero-order valence-corrected chi connectivity index (χ0v) is 15.8. The smallest absolute Gasteiger partial charge is 0.243 e. The van der Waals surface area contributed by atoms with E-state index < -0.39 is 15.9 Å². The van der Waals surface area contributed by atoms with Gasteiger partial charge in [-0.05, 0) is 36.4 Å². The third kappa shape index (κ3) is 4.64. The van der Waals surface area contributed by atoms with Gasteiger partial charge in [-0.15, -0.1) is 0 Å². The molecule has 6 nitrogen and oxygen atoms in total. The van der Waals surface area contributed by atoms with Crippen LogP contribution in [0.4, 0.5) is 5.69 Å². The van der Waals surface area contributed by atoms with Gasteiger partial charge in [0.25, 0.3) is 0 Å². The van der Waals surface area contributed by atoms with Gasteiger partial charge in [-0.3, -0.25) is 4.79 Å². The number of ether oxygens (including phenoxy) is 1. The maximum atomic E-state index is 12.5. The molecular formula is C16H16Cl2N2O4S. The van der Waals surface area contributed by atoms with Crippen molar-refractivity contribution < 1.29 is 17.9 Å². The summed E-state index contributed by atoms with van der Waals surface area (Å²) in [5.74, 6) is -0.00121. The average molecular weight is 403 g/mol. The van der Waals surface area contributed by atoms with Crippen molar-refractivity contribution in [3.8, 4) is 5.75 Å². The molecule has 0 atom stereocenters. The minimum absolute atomic E-state index is 0.0596. The van der Waals surface area contributed by atoms with Crippen molar-refractivity contribution in [1.29, 1.82) is 0 Å². The number of nitrogens with one attached hydrogen (secondary N) is 1. The minimum Gasteiger partial charge on any atom is -0.497 e. The molecule has 0 aliphatic heterocycles. The van der Waals surface area contributed by atoms with Crippen LogP contribution in [0.2, 0.25) is 10.0 Å². The van der Waals surface area contributed by atoms with Crippen LogP contribution >= 0.6 is 23.2 Å². The molecule has 0 saturated carbocycles. The van der Waals surface area contributed by atoms with Crippen LogP contribution in [0.25, 0.3) is 0 Å². The molecule has 0 spiro atoms. The van der Waals surface area contributed by atoms with E-state index in [9.17, 15) is 13.2 Å². The van der Waals surface area contributed by atoms with E-state index in [0.29, 0.717) is 16.5 Å². The quantitative estimate of drug-likeness (QED) is 0.804. The number of hydrogen-bond donors (Lipinski definition) is 1. The summed E-state index contributed by atoms with van der Waals surface area (Å²) in [6.45, 7) is -0.378. The summed E-state index contributed by atoms with van der Waals surface area (Å²) in [7, 11) is -1.01. The predicted octanol–water partition coefficient (Wildman–Crippen LogP) is 3.26. The van der Waals surface area contributed by atoms with Crippen LogP contribution < -0.4 is 10.1 Å². The Hall–Kier alpha value is -1.80. The Labute approximate surface area is 156 Å². The lowest BCUT2D eigenvalue weighted by Gasteiger charge is -2.17. The van der Waals surface area contributed by atoms with E-state index in [2.05, 4.69) is 5.32 Å². The highest BCUT2D eigenvalue weighted by Crippen LogP contribution is 2.29. The average Bonchev–Trinajstić information content (AvgIpc) is 2.59. The first-order valence-corrected chi connectivity index (χ1v) is 9.29. The third-order valence-electron chi connectivity index (χ3n) is 3.36. The monoisotopic (exact) mass is 402 g/mol. The van der Waals surface area contributed by atoms with Gasteiger partial charge in [0.2, 0.25) is 15.9 Å². The van der Waals surface area contributed by atoms with Crippen LogP contribution in [-0.4, -0.2) is 39.3 Å². The molecule has 0 heterocycles. The van der Waals surface area contributed by atoms with E-state index in [1.54, 1.807) is 18.2 Å². The van der Waals surface area contributed by atoms with Crippen molar-refractivity contribution in [3.63, 3.8) is 0 Å². The van der Waals surface area contributed by atoms with E-state index in [1.807, 2.05) is 0 Å². The van der Waals surface area contributed by atoms with E-state index in [1.165, 1.54) is 38.4 Å². The summed E-state index contributed by atoms with van der Waals surface area (Å²) < 4.78 is 30.9. The molecule has 1 amide bonds. The van der Waals surface area contributed by atoms with Crippen molar-refractivity contribution in [2.75, 3.05) is 26.0 Å². The van der Waals surface area contributed by atoms with Gasteiger partial charge in [0.15, 0.2) is 0 Å². The SMILES string of the molecule is COc1ccc(S(=O)(=O)N(C)CC(=O)Nc2cccc(Cl)c2Cl)cc1. The summed E-state index contributed by atoms with van der Waals surface area (Å²) in [4.78, 5) is 12.2. The molecule has 2 rings (SSSR count). The van der Waals surface area contributed by atoms with Gasteiger partial charge >= 0.3 is 0 Å². The first-order chi connectivity index (χ1) is 11.8. The van der Waals surface area contributed by atoms with Gasteiger partial charge in [-0.2, -0.15) is 4.31 Å². The highest BCUT2D eigenvalue weighted by molar-refractivity contribution is 7.89. The van der Waals surface area contributed by atoms with Gasteiger partial charge in [-0.25, -0.2) is 8.42 Å². The van der Waals surface area contributed by atoms with E-state index in [0.717, 1.165) is 4.31 Å². The topological polar surface area (TPSA) is 75.7 Å². The highest BCUT2D eigenvalue weighted by atomic mass is 35.5. The summed E-state index contributed by atoms with van der Waals surface area (Å²) in [6, 6.07) is 10.7. The number of rotatable bonds is 6. The Kier molecular flexibility index (Phi) is 6.29. The first kappa shape index (κ1) is 19.5. The van der Waals surface area contributed by atoms with Crippen molar-refractivity contribution >= 4 is 44.8 Å². The van der Waals surface area contributed by atoms with E-state index >= 15 is 0 Å². The predicted molar refractivity (Wildman–Crippen MR) is 97.9 cm³/mol. The maximum Gasteiger partial charge on any atom is 0.243 e. The zero-order chi connectivity index (χ0) is 18.6. The van der Waals surface area contributed by atoms with Crippen LogP contribution in [0.5, 0.6) is 5.75 Å². The molecule has 1 N–H and O–H groups in total. The van der Waals surface area contributed by atoms with Crippen LogP contribution in [0.3, 0.4) is 0 Å². The molecule has 0 aliphatic rings. The molecule has 0 radical (unpaired) electrons. The van der Waals surface area contributed by atoms with Gasteiger partial charge in [-0.1, -0.05) is 29.3 Å². The van der Waals surface area contributed by atoms with Gasteiger partial charge in [0.1, 0.15) is 5.75 Å². The first-order valence-electron chi connectivity index (χ1n) is 7.10. The third-order valence-corrected chi connectivity index (χ3v) is 6.00. The van der Waals surface area contributed by atoms with E-state index in [4.69, 9.17) is 27.9 Å². The molecular weight excluding hydrogens is 387 g/mol. The van der Waals surface area contributed by atoms with E-state index in [-0.39, 0.29) is 16.5 Å². The second-order valence-corrected chi connectivity index (χ2v) is 7.92. The summed E-state index contributed by atoms with van der Waals surface area (Å²) in [6.07, 6.45) is 0. The standard InChI is InChI=1S/C16H16Cl2N2O4S/c1-20(25(22,23)12-8-6-11(24-2)7-9-12)10-15(21)19-14-5-3-4-13(17)16(14)18/h3-9H,10H2,1-2H3,(H,19,21). The molecule has 0 unspecified atom stereocenters. The van der Waals surface area contributed by atoms with Crippen LogP contribution in [0, 0.1) is 0 Å². The lowest BCUT2D eigenvalue weighted by Crippen LogP contribution is -2.35. The molecule has 2 aromatic rings. The number of halogens is 2. The number of nitrogens with zero attached hydrogens (tertiary/aromatic N) is 1. The zero-order valence-electron chi connectivity index (χ0n) is 13.5. The summed E-state index contributed by atoms with van der Waals surface area (Å²) >= 11 is 11.9. The molecule has 134 valence electrons. The fraction of sp³-hybridized carbons (Fsp3) is 0.188. The van der Waals surface area contributed by atoms with Crippen molar-refractivity contribution in [2.45, 2.75) is 4.90 Å². The fourth-order valence-electron chi connectivity index (χ4n) is 2.00. The number of amides is 1. The van der Waals surface area contributed by atoms with Crippen LogP contribution in [0.1, 0.15) is 0 Å². The lowest BCUT2D eigenvalue weighted by atomic mass is 10.3. The fourth-order valence-corrected chi connectivity index (χ4v) is 3.48. The van der Waals surface area contributed by atoms with Gasteiger partial charge < -0.3 is 10.1 Å². The molecule has 0 aromatic heterocycles. The second-order valence-electron chi connectivity index (χ2n) is 5.09. The molecule has 0 fully saturated rings. The number of carbonyl (C=O) groups excluding carboxylic acids is 1. The Bertz CT molecular complexity index is 870. The molecule has 9 heteroatoms. The van der Waals surface area contributed by atoms with Crippen molar-refractivity contribution in [1.82, 2.24) is 4.31 Å². The number of methoxy groups -OCH3 is 1. The summed E-state index contributed by atoms with van der Waals surface area (Å²) in [5, 5.41) is 3.03. The maximum absolute atomic E-state index is 12.5.